The highest BCUT2D eigenvalue weighted by Gasteiger charge is 2.36. The fraction of sp³-hybridized carbons (Fsp3) is 0.250. The molecule has 0 aromatic heterocycles. The number of hydrogen-bond acceptors (Lipinski definition) is 5. The van der Waals surface area contributed by atoms with Crippen LogP contribution in [-0.2, 0) is 19.1 Å². The molecule has 36 heavy (non-hydrogen) atoms. The number of esters is 1. The normalized spacial score (nSPS) is 15.1. The molecule has 7 nitrogen and oxygen atoms in total. The zero-order chi connectivity index (χ0) is 25.8. The van der Waals surface area contributed by atoms with E-state index >= 15 is 0 Å². The number of amides is 2. The third kappa shape index (κ3) is 6.12. The van der Waals surface area contributed by atoms with Gasteiger partial charge >= 0.3 is 5.97 Å². The number of rotatable bonds is 7. The van der Waals surface area contributed by atoms with Gasteiger partial charge in [-0.05, 0) is 92.1 Å². The van der Waals surface area contributed by atoms with Gasteiger partial charge in [-0.25, -0.2) is 0 Å². The van der Waals surface area contributed by atoms with Crippen molar-refractivity contribution in [1.82, 2.24) is 0 Å². The van der Waals surface area contributed by atoms with Gasteiger partial charge in [0.25, 0.3) is 5.91 Å². The fourth-order valence-electron chi connectivity index (χ4n) is 3.93. The number of carbonyl (C=O) groups excluding carboxylic acids is 3. The van der Waals surface area contributed by atoms with Crippen molar-refractivity contribution in [2.45, 2.75) is 27.2 Å². The Morgan fingerprint density at radius 1 is 0.944 bits per heavy atom. The average molecular weight is 551 g/mol. The van der Waals surface area contributed by atoms with Crippen LogP contribution in [0.15, 0.2) is 65.1 Å². The van der Waals surface area contributed by atoms with E-state index < -0.39 is 24.4 Å². The highest BCUT2D eigenvalue weighted by Crippen LogP contribution is 2.30. The van der Waals surface area contributed by atoms with E-state index in [-0.39, 0.29) is 18.9 Å². The second-order valence-corrected chi connectivity index (χ2v) is 9.78. The maximum atomic E-state index is 12.6. The molecule has 0 bridgehead atoms. The second kappa shape index (κ2) is 11.0. The molecule has 3 aromatic carbocycles. The van der Waals surface area contributed by atoms with E-state index in [1.807, 2.05) is 51.1 Å². The quantitative estimate of drug-likeness (QED) is 0.381. The first-order chi connectivity index (χ1) is 17.2. The Morgan fingerprint density at radius 3 is 2.36 bits per heavy atom. The molecule has 1 N–H and O–H groups in total. The maximum absolute atomic E-state index is 12.6. The largest absolute Gasteiger partial charge is 0.457 e. The number of anilines is 2. The minimum atomic E-state index is -0.633. The van der Waals surface area contributed by atoms with E-state index in [4.69, 9.17) is 9.47 Å². The summed E-state index contributed by atoms with van der Waals surface area (Å²) in [4.78, 5) is 38.9. The second-order valence-electron chi connectivity index (χ2n) is 8.86. The molecule has 3 aromatic rings. The monoisotopic (exact) mass is 550 g/mol. The zero-order valence-corrected chi connectivity index (χ0v) is 21.9. The Hall–Kier alpha value is -3.65. The number of nitrogens with one attached hydrogen (secondary N) is 1. The standard InChI is InChI=1S/C28H27BrN2O5/c1-17-4-8-24(13-18(17)2)36-23-9-6-22(7-10-23)31-15-20(14-27(31)33)28(34)35-16-26(32)30-25-11-5-21(29)12-19(25)3/h4-13,20H,14-16H2,1-3H3,(H,30,32)/t20-/m1/s1. The molecule has 4 rings (SSSR count). The molecule has 0 saturated carbocycles. The number of aryl methyl sites for hydroxylation is 3. The average Bonchev–Trinajstić information content (AvgIpc) is 3.24. The van der Waals surface area contributed by atoms with Gasteiger partial charge in [0.05, 0.1) is 5.92 Å². The third-order valence-electron chi connectivity index (χ3n) is 6.13. The number of hydrogen-bond donors (Lipinski definition) is 1. The molecule has 1 atom stereocenters. The summed E-state index contributed by atoms with van der Waals surface area (Å²) >= 11 is 3.38. The van der Waals surface area contributed by atoms with Gasteiger partial charge in [-0.2, -0.15) is 0 Å². The lowest BCUT2D eigenvalue weighted by atomic mass is 10.1. The van der Waals surface area contributed by atoms with Crippen molar-refractivity contribution < 1.29 is 23.9 Å². The summed E-state index contributed by atoms with van der Waals surface area (Å²) in [7, 11) is 0. The van der Waals surface area contributed by atoms with E-state index in [0.717, 1.165) is 21.3 Å². The predicted molar refractivity (Wildman–Crippen MR) is 141 cm³/mol. The molecule has 0 spiro atoms. The zero-order valence-electron chi connectivity index (χ0n) is 20.3. The summed E-state index contributed by atoms with van der Waals surface area (Å²) in [5.74, 6) is -0.416. The Morgan fingerprint density at radius 2 is 1.67 bits per heavy atom. The van der Waals surface area contributed by atoms with E-state index in [0.29, 0.717) is 17.1 Å². The van der Waals surface area contributed by atoms with Gasteiger partial charge in [0, 0.05) is 28.8 Å². The van der Waals surface area contributed by atoms with Crippen LogP contribution < -0.4 is 15.0 Å². The summed E-state index contributed by atoms with van der Waals surface area (Å²) in [5, 5.41) is 2.73. The van der Waals surface area contributed by atoms with Crippen molar-refractivity contribution in [3.05, 3.63) is 81.8 Å². The molecule has 1 heterocycles. The van der Waals surface area contributed by atoms with Gasteiger partial charge in [0.15, 0.2) is 6.61 Å². The van der Waals surface area contributed by atoms with Gasteiger partial charge < -0.3 is 19.7 Å². The highest BCUT2D eigenvalue weighted by atomic mass is 79.9. The summed E-state index contributed by atoms with van der Waals surface area (Å²) in [6.07, 6.45) is 0.0349. The topological polar surface area (TPSA) is 84.9 Å². The molecule has 1 aliphatic heterocycles. The Bertz CT molecular complexity index is 1310. The number of halogens is 1. The Kier molecular flexibility index (Phi) is 7.74. The summed E-state index contributed by atoms with van der Waals surface area (Å²) in [6.45, 7) is 5.73. The first-order valence-corrected chi connectivity index (χ1v) is 12.4. The number of nitrogens with zero attached hydrogens (tertiary/aromatic N) is 1. The predicted octanol–water partition coefficient (Wildman–Crippen LogP) is 5.70. The lowest BCUT2D eigenvalue weighted by Gasteiger charge is -2.17. The van der Waals surface area contributed by atoms with Gasteiger partial charge in [0.2, 0.25) is 5.91 Å². The molecule has 186 valence electrons. The molecule has 0 aliphatic carbocycles. The maximum Gasteiger partial charge on any atom is 0.311 e. The van der Waals surface area contributed by atoms with Crippen LogP contribution in [0.4, 0.5) is 11.4 Å². The first kappa shape index (κ1) is 25.4. The summed E-state index contributed by atoms with van der Waals surface area (Å²) in [5.41, 5.74) is 4.54. The molecule has 0 unspecified atom stereocenters. The van der Waals surface area contributed by atoms with Crippen LogP contribution in [0.25, 0.3) is 0 Å². The highest BCUT2D eigenvalue weighted by molar-refractivity contribution is 9.10. The fourth-order valence-corrected chi connectivity index (χ4v) is 4.41. The first-order valence-electron chi connectivity index (χ1n) is 11.6. The van der Waals surface area contributed by atoms with E-state index in [9.17, 15) is 14.4 Å². The lowest BCUT2D eigenvalue weighted by Crippen LogP contribution is -2.28. The van der Waals surface area contributed by atoms with Gasteiger partial charge in [-0.1, -0.05) is 22.0 Å². The molecule has 1 fully saturated rings. The molecule has 8 heteroatoms. The van der Waals surface area contributed by atoms with Crippen LogP contribution in [0.2, 0.25) is 0 Å². The Labute approximate surface area is 218 Å². The van der Waals surface area contributed by atoms with Gasteiger partial charge in [0.1, 0.15) is 11.5 Å². The molecule has 1 aliphatic rings. The number of benzene rings is 3. The van der Waals surface area contributed by atoms with Crippen LogP contribution in [0, 0.1) is 26.7 Å². The number of ether oxygens (including phenoxy) is 2. The molecule has 0 radical (unpaired) electrons. The van der Waals surface area contributed by atoms with Crippen molar-refractivity contribution in [2.75, 3.05) is 23.4 Å². The van der Waals surface area contributed by atoms with Gasteiger partial charge in [-0.15, -0.1) is 0 Å². The smallest absolute Gasteiger partial charge is 0.311 e. The lowest BCUT2D eigenvalue weighted by molar-refractivity contribution is -0.151. The van der Waals surface area contributed by atoms with Crippen molar-refractivity contribution in [2.24, 2.45) is 5.92 Å². The van der Waals surface area contributed by atoms with Gasteiger partial charge in [-0.3, -0.25) is 14.4 Å². The van der Waals surface area contributed by atoms with E-state index in [1.165, 1.54) is 5.56 Å². The molecule has 1 saturated heterocycles. The Balaban J connectivity index is 1.30. The molecular weight excluding hydrogens is 524 g/mol. The molecule has 2 amide bonds. The van der Waals surface area contributed by atoms with Crippen LogP contribution in [-0.4, -0.2) is 30.9 Å². The minimum absolute atomic E-state index is 0.0349. The van der Waals surface area contributed by atoms with Crippen molar-refractivity contribution in [3.8, 4) is 11.5 Å². The summed E-state index contributed by atoms with van der Waals surface area (Å²) < 4.78 is 12.0. The number of carbonyl (C=O) groups is 3. The van der Waals surface area contributed by atoms with E-state index in [1.54, 1.807) is 35.2 Å². The van der Waals surface area contributed by atoms with E-state index in [2.05, 4.69) is 21.2 Å². The van der Waals surface area contributed by atoms with Crippen molar-refractivity contribution in [3.63, 3.8) is 0 Å². The van der Waals surface area contributed by atoms with Crippen LogP contribution in [0.5, 0.6) is 11.5 Å². The minimum Gasteiger partial charge on any atom is -0.457 e. The van der Waals surface area contributed by atoms with Crippen molar-refractivity contribution >= 4 is 45.1 Å². The van der Waals surface area contributed by atoms with Crippen molar-refractivity contribution in [1.29, 1.82) is 0 Å². The molecular formula is C28H27BrN2O5. The van der Waals surface area contributed by atoms with Crippen LogP contribution >= 0.6 is 15.9 Å². The van der Waals surface area contributed by atoms with Crippen LogP contribution in [0.3, 0.4) is 0 Å². The SMILES string of the molecule is Cc1ccc(Oc2ccc(N3C[C@H](C(=O)OCC(=O)Nc4ccc(Br)cc4C)CC3=O)cc2)cc1C. The van der Waals surface area contributed by atoms with Crippen LogP contribution in [0.1, 0.15) is 23.1 Å². The summed E-state index contributed by atoms with van der Waals surface area (Å²) in [6, 6.07) is 18.5. The third-order valence-corrected chi connectivity index (χ3v) is 6.62.